The predicted octanol–water partition coefficient (Wildman–Crippen LogP) is 3.53. The third-order valence-corrected chi connectivity index (χ3v) is 3.66. The SMILES string of the molecule is Cc1cc(N(CCBr)C2CCCC2)ccn1. The minimum Gasteiger partial charge on any atom is -0.368 e. The molecule has 0 amide bonds. The van der Waals surface area contributed by atoms with Crippen molar-refractivity contribution < 1.29 is 0 Å². The molecule has 0 N–H and O–H groups in total. The van der Waals surface area contributed by atoms with Crippen molar-refractivity contribution in [3.63, 3.8) is 0 Å². The Labute approximate surface area is 106 Å². The van der Waals surface area contributed by atoms with Crippen LogP contribution in [0, 0.1) is 6.92 Å². The molecule has 1 heterocycles. The quantitative estimate of drug-likeness (QED) is 0.786. The van der Waals surface area contributed by atoms with Gasteiger partial charge in [0.1, 0.15) is 0 Å². The summed E-state index contributed by atoms with van der Waals surface area (Å²) in [5, 5.41) is 1.03. The van der Waals surface area contributed by atoms with Gasteiger partial charge in [-0.1, -0.05) is 28.8 Å². The average molecular weight is 283 g/mol. The second-order valence-electron chi connectivity index (χ2n) is 4.48. The zero-order valence-electron chi connectivity index (χ0n) is 9.82. The molecule has 1 aromatic heterocycles. The summed E-state index contributed by atoms with van der Waals surface area (Å²) in [4.78, 5) is 6.81. The van der Waals surface area contributed by atoms with Gasteiger partial charge in [0, 0.05) is 35.5 Å². The zero-order chi connectivity index (χ0) is 11.4. The number of rotatable bonds is 4. The Balaban J connectivity index is 2.17. The van der Waals surface area contributed by atoms with Gasteiger partial charge in [-0.3, -0.25) is 4.98 Å². The van der Waals surface area contributed by atoms with Crippen LogP contribution in [0.25, 0.3) is 0 Å². The number of nitrogens with zero attached hydrogens (tertiary/aromatic N) is 2. The van der Waals surface area contributed by atoms with Gasteiger partial charge in [0.25, 0.3) is 0 Å². The van der Waals surface area contributed by atoms with E-state index in [1.165, 1.54) is 31.4 Å². The lowest BCUT2D eigenvalue weighted by atomic mass is 10.2. The molecule has 0 spiro atoms. The van der Waals surface area contributed by atoms with Crippen molar-refractivity contribution in [1.82, 2.24) is 4.98 Å². The van der Waals surface area contributed by atoms with Crippen LogP contribution in [0.3, 0.4) is 0 Å². The van der Waals surface area contributed by atoms with E-state index in [0.29, 0.717) is 0 Å². The Morgan fingerprint density at radius 3 is 2.81 bits per heavy atom. The van der Waals surface area contributed by atoms with Crippen molar-refractivity contribution in [2.45, 2.75) is 38.6 Å². The number of aryl methyl sites for hydroxylation is 1. The average Bonchev–Trinajstić information content (AvgIpc) is 2.79. The van der Waals surface area contributed by atoms with Gasteiger partial charge < -0.3 is 4.90 Å². The van der Waals surface area contributed by atoms with E-state index in [9.17, 15) is 0 Å². The standard InChI is InChI=1S/C13H19BrN2/c1-11-10-13(6-8-15-11)16(9-7-14)12-4-2-3-5-12/h6,8,10,12H,2-5,7,9H2,1H3. The summed E-state index contributed by atoms with van der Waals surface area (Å²) in [6.07, 6.45) is 7.37. The van der Waals surface area contributed by atoms with Crippen LogP contribution >= 0.6 is 15.9 Å². The topological polar surface area (TPSA) is 16.1 Å². The summed E-state index contributed by atoms with van der Waals surface area (Å²) in [6.45, 7) is 3.15. The molecule has 0 saturated heterocycles. The number of hydrogen-bond acceptors (Lipinski definition) is 2. The smallest absolute Gasteiger partial charge is 0.0402 e. The Morgan fingerprint density at radius 2 is 2.19 bits per heavy atom. The highest BCUT2D eigenvalue weighted by atomic mass is 79.9. The lowest BCUT2D eigenvalue weighted by Gasteiger charge is -2.30. The summed E-state index contributed by atoms with van der Waals surface area (Å²) < 4.78 is 0. The van der Waals surface area contributed by atoms with Gasteiger partial charge in [-0.15, -0.1) is 0 Å². The molecule has 1 aromatic rings. The Morgan fingerprint density at radius 1 is 1.44 bits per heavy atom. The van der Waals surface area contributed by atoms with Crippen molar-refractivity contribution in [2.24, 2.45) is 0 Å². The fraction of sp³-hybridized carbons (Fsp3) is 0.615. The molecule has 2 nitrogen and oxygen atoms in total. The summed E-state index contributed by atoms with van der Waals surface area (Å²) in [5.41, 5.74) is 2.44. The molecule has 3 heteroatoms. The van der Waals surface area contributed by atoms with E-state index < -0.39 is 0 Å². The van der Waals surface area contributed by atoms with Crippen LogP contribution in [-0.2, 0) is 0 Å². The van der Waals surface area contributed by atoms with Crippen molar-refractivity contribution in [3.05, 3.63) is 24.0 Å². The Bertz CT molecular complexity index is 334. The third kappa shape index (κ3) is 2.76. The molecule has 0 unspecified atom stereocenters. The number of halogens is 1. The van der Waals surface area contributed by atoms with Gasteiger partial charge in [-0.2, -0.15) is 0 Å². The summed E-state index contributed by atoms with van der Waals surface area (Å²) >= 11 is 3.56. The number of pyridine rings is 1. The summed E-state index contributed by atoms with van der Waals surface area (Å²) in [5.74, 6) is 0. The molecule has 16 heavy (non-hydrogen) atoms. The first-order valence-electron chi connectivity index (χ1n) is 6.06. The van der Waals surface area contributed by atoms with E-state index in [2.05, 4.69) is 44.9 Å². The first-order chi connectivity index (χ1) is 7.81. The normalized spacial score (nSPS) is 16.6. The van der Waals surface area contributed by atoms with Gasteiger partial charge >= 0.3 is 0 Å². The molecule has 1 aliphatic rings. The molecule has 0 bridgehead atoms. The summed E-state index contributed by atoms with van der Waals surface area (Å²) in [6, 6.07) is 5.06. The first-order valence-corrected chi connectivity index (χ1v) is 7.18. The molecule has 0 radical (unpaired) electrons. The maximum absolute atomic E-state index is 4.27. The highest BCUT2D eigenvalue weighted by Gasteiger charge is 2.22. The highest BCUT2D eigenvalue weighted by molar-refractivity contribution is 9.09. The molecule has 1 aliphatic carbocycles. The van der Waals surface area contributed by atoms with E-state index >= 15 is 0 Å². The molecule has 1 fully saturated rings. The third-order valence-electron chi connectivity index (χ3n) is 3.30. The highest BCUT2D eigenvalue weighted by Crippen LogP contribution is 2.28. The van der Waals surface area contributed by atoms with Crippen LogP contribution in [0.5, 0.6) is 0 Å². The van der Waals surface area contributed by atoms with E-state index in [4.69, 9.17) is 0 Å². The minimum absolute atomic E-state index is 0.736. The van der Waals surface area contributed by atoms with E-state index in [1.807, 2.05) is 6.20 Å². The zero-order valence-corrected chi connectivity index (χ0v) is 11.4. The van der Waals surface area contributed by atoms with E-state index in [-0.39, 0.29) is 0 Å². The maximum Gasteiger partial charge on any atom is 0.0402 e. The molecule has 1 saturated carbocycles. The second kappa shape index (κ2) is 5.67. The van der Waals surface area contributed by atoms with Crippen molar-refractivity contribution in [3.8, 4) is 0 Å². The van der Waals surface area contributed by atoms with Crippen molar-refractivity contribution in [2.75, 3.05) is 16.8 Å². The second-order valence-corrected chi connectivity index (χ2v) is 5.27. The van der Waals surface area contributed by atoms with Gasteiger partial charge in [0.15, 0.2) is 0 Å². The molecular formula is C13H19BrN2. The molecule has 0 aromatic carbocycles. The number of alkyl halides is 1. The van der Waals surface area contributed by atoms with Crippen molar-refractivity contribution in [1.29, 1.82) is 0 Å². The Hall–Kier alpha value is -0.570. The minimum atomic E-state index is 0.736. The fourth-order valence-corrected chi connectivity index (χ4v) is 2.92. The molecule has 0 atom stereocenters. The van der Waals surface area contributed by atoms with E-state index in [1.54, 1.807) is 0 Å². The predicted molar refractivity (Wildman–Crippen MR) is 72.4 cm³/mol. The van der Waals surface area contributed by atoms with Crippen LogP contribution in [0.1, 0.15) is 31.4 Å². The number of hydrogen-bond donors (Lipinski definition) is 0. The lowest BCUT2D eigenvalue weighted by molar-refractivity contribution is 0.622. The fourth-order valence-electron chi connectivity index (χ4n) is 2.54. The Kier molecular flexibility index (Phi) is 4.22. The van der Waals surface area contributed by atoms with Crippen LogP contribution in [0.2, 0.25) is 0 Å². The molecular weight excluding hydrogens is 264 g/mol. The van der Waals surface area contributed by atoms with Gasteiger partial charge in [-0.05, 0) is 31.9 Å². The first kappa shape index (κ1) is 11.9. The van der Waals surface area contributed by atoms with Crippen molar-refractivity contribution >= 4 is 21.6 Å². The van der Waals surface area contributed by atoms with Gasteiger partial charge in [0.2, 0.25) is 0 Å². The number of aromatic nitrogens is 1. The largest absolute Gasteiger partial charge is 0.368 e. The van der Waals surface area contributed by atoms with Gasteiger partial charge in [0.05, 0.1) is 0 Å². The monoisotopic (exact) mass is 282 g/mol. The molecule has 0 aliphatic heterocycles. The van der Waals surface area contributed by atoms with Gasteiger partial charge in [-0.25, -0.2) is 0 Å². The molecule has 88 valence electrons. The van der Waals surface area contributed by atoms with Crippen LogP contribution in [0.4, 0.5) is 5.69 Å². The maximum atomic E-state index is 4.27. The molecule has 2 rings (SSSR count). The number of anilines is 1. The van der Waals surface area contributed by atoms with Crippen LogP contribution in [-0.4, -0.2) is 22.9 Å². The van der Waals surface area contributed by atoms with E-state index in [0.717, 1.165) is 23.6 Å². The van der Waals surface area contributed by atoms with Crippen LogP contribution in [0.15, 0.2) is 18.3 Å². The summed E-state index contributed by atoms with van der Waals surface area (Å²) in [7, 11) is 0. The van der Waals surface area contributed by atoms with Crippen LogP contribution < -0.4 is 4.90 Å². The lowest BCUT2D eigenvalue weighted by Crippen LogP contribution is -2.34.